The highest BCUT2D eigenvalue weighted by atomic mass is 32.2. The Balaban J connectivity index is 1.63. The second-order valence-electron chi connectivity index (χ2n) is 7.14. The summed E-state index contributed by atoms with van der Waals surface area (Å²) in [6.45, 7) is 0. The van der Waals surface area contributed by atoms with Crippen LogP contribution in [-0.4, -0.2) is 29.6 Å². The molecule has 5 rings (SSSR count). The molecule has 0 bridgehead atoms. The zero-order valence-corrected chi connectivity index (χ0v) is 18.6. The third-order valence-corrected chi connectivity index (χ3v) is 7.01. The largest absolute Gasteiger partial charge is 0.438 e. The van der Waals surface area contributed by atoms with Gasteiger partial charge in [-0.3, -0.25) is 4.98 Å². The van der Waals surface area contributed by atoms with E-state index in [1.807, 2.05) is 48.5 Å². The van der Waals surface area contributed by atoms with Crippen molar-refractivity contribution in [3.8, 4) is 33.5 Å². The van der Waals surface area contributed by atoms with Gasteiger partial charge in [-0.25, -0.2) is 13.4 Å². The third kappa shape index (κ3) is 4.10. The molecule has 0 saturated heterocycles. The molecular formula is C24H17N3O3S2. The maximum atomic E-state index is 11.8. The predicted octanol–water partition coefficient (Wildman–Crippen LogP) is 5.62. The van der Waals surface area contributed by atoms with Gasteiger partial charge in [-0.1, -0.05) is 30.3 Å². The minimum absolute atomic E-state index is 0.232. The monoisotopic (exact) mass is 459 g/mol. The molecular weight excluding hydrogens is 442 g/mol. The lowest BCUT2D eigenvalue weighted by Crippen LogP contribution is -1.97. The van der Waals surface area contributed by atoms with Gasteiger partial charge >= 0.3 is 0 Å². The molecule has 0 atom stereocenters. The summed E-state index contributed by atoms with van der Waals surface area (Å²) < 4.78 is 29.6. The van der Waals surface area contributed by atoms with E-state index >= 15 is 0 Å². The van der Waals surface area contributed by atoms with E-state index in [0.29, 0.717) is 17.5 Å². The highest BCUT2D eigenvalue weighted by Gasteiger charge is 2.16. The van der Waals surface area contributed by atoms with E-state index in [9.17, 15) is 8.42 Å². The van der Waals surface area contributed by atoms with Crippen molar-refractivity contribution in [1.82, 2.24) is 15.0 Å². The highest BCUT2D eigenvalue weighted by Crippen LogP contribution is 2.39. The topological polar surface area (TPSA) is 82.0 Å². The number of benzene rings is 2. The van der Waals surface area contributed by atoms with E-state index in [1.54, 1.807) is 35.9 Å². The van der Waals surface area contributed by atoms with Crippen molar-refractivity contribution in [1.29, 1.82) is 0 Å². The maximum absolute atomic E-state index is 11.8. The SMILES string of the molecule is CS(=O)(=O)c1ccc(Oc2nc(-c3cccnc3)nc3sc(-c4ccccc4)cc23)cc1. The van der Waals surface area contributed by atoms with Crippen molar-refractivity contribution >= 4 is 31.4 Å². The van der Waals surface area contributed by atoms with Gasteiger partial charge in [0.25, 0.3) is 0 Å². The molecule has 6 nitrogen and oxygen atoms in total. The lowest BCUT2D eigenvalue weighted by Gasteiger charge is -2.08. The number of nitrogens with zero attached hydrogens (tertiary/aromatic N) is 3. The number of ether oxygens (including phenoxy) is 1. The van der Waals surface area contributed by atoms with Crippen LogP contribution in [0.2, 0.25) is 0 Å². The van der Waals surface area contributed by atoms with Crippen LogP contribution >= 0.6 is 11.3 Å². The minimum Gasteiger partial charge on any atom is -0.438 e. The van der Waals surface area contributed by atoms with Crippen LogP contribution in [0.4, 0.5) is 0 Å². The molecule has 2 aromatic carbocycles. The summed E-state index contributed by atoms with van der Waals surface area (Å²) in [5, 5.41) is 0.786. The van der Waals surface area contributed by atoms with Crippen LogP contribution in [0.15, 0.2) is 90.1 Å². The molecule has 0 N–H and O–H groups in total. The molecule has 0 amide bonds. The second-order valence-corrected chi connectivity index (χ2v) is 10.2. The van der Waals surface area contributed by atoms with Crippen molar-refractivity contribution in [3.05, 3.63) is 85.2 Å². The van der Waals surface area contributed by atoms with Crippen LogP contribution in [0.25, 0.3) is 32.0 Å². The van der Waals surface area contributed by atoms with E-state index in [-0.39, 0.29) is 4.90 Å². The van der Waals surface area contributed by atoms with Gasteiger partial charge in [-0.15, -0.1) is 11.3 Å². The van der Waals surface area contributed by atoms with Crippen molar-refractivity contribution in [3.63, 3.8) is 0 Å². The van der Waals surface area contributed by atoms with Gasteiger partial charge in [0.05, 0.1) is 10.3 Å². The molecule has 5 aromatic rings. The van der Waals surface area contributed by atoms with Crippen LogP contribution in [0.1, 0.15) is 0 Å². The number of rotatable bonds is 5. The fourth-order valence-corrected chi connectivity index (χ4v) is 4.87. The predicted molar refractivity (Wildman–Crippen MR) is 126 cm³/mol. The molecule has 32 heavy (non-hydrogen) atoms. The normalized spacial score (nSPS) is 11.5. The van der Waals surface area contributed by atoms with Crippen molar-refractivity contribution < 1.29 is 13.2 Å². The molecule has 0 unspecified atom stereocenters. The number of pyridine rings is 1. The van der Waals surface area contributed by atoms with E-state index in [4.69, 9.17) is 9.72 Å². The van der Waals surface area contributed by atoms with Gasteiger partial charge in [0, 0.05) is 29.1 Å². The summed E-state index contributed by atoms with van der Waals surface area (Å²) in [7, 11) is -3.28. The summed E-state index contributed by atoms with van der Waals surface area (Å²) in [6, 6.07) is 22.1. The molecule has 8 heteroatoms. The maximum Gasteiger partial charge on any atom is 0.231 e. The zero-order chi connectivity index (χ0) is 22.1. The number of fused-ring (bicyclic) bond motifs is 1. The highest BCUT2D eigenvalue weighted by molar-refractivity contribution is 7.90. The van der Waals surface area contributed by atoms with Crippen LogP contribution < -0.4 is 4.74 Å². The van der Waals surface area contributed by atoms with Gasteiger partial charge in [0.15, 0.2) is 15.7 Å². The smallest absolute Gasteiger partial charge is 0.231 e. The summed E-state index contributed by atoms with van der Waals surface area (Å²) in [5.41, 5.74) is 1.86. The Hall–Kier alpha value is -3.62. The Kier molecular flexibility index (Phi) is 5.16. The molecule has 0 fully saturated rings. The van der Waals surface area contributed by atoms with E-state index < -0.39 is 9.84 Å². The molecule has 0 aliphatic carbocycles. The zero-order valence-electron chi connectivity index (χ0n) is 17.0. The van der Waals surface area contributed by atoms with Gasteiger partial charge in [-0.2, -0.15) is 4.98 Å². The Labute approximate surface area is 189 Å². The molecule has 0 aliphatic heterocycles. The Morgan fingerprint density at radius 2 is 1.62 bits per heavy atom. The molecule has 0 saturated carbocycles. The third-order valence-electron chi connectivity index (χ3n) is 4.80. The summed E-state index contributed by atoms with van der Waals surface area (Å²) in [6.07, 6.45) is 4.58. The Morgan fingerprint density at radius 3 is 2.31 bits per heavy atom. The average molecular weight is 460 g/mol. The van der Waals surface area contributed by atoms with Crippen LogP contribution in [0.5, 0.6) is 11.6 Å². The number of sulfone groups is 1. The average Bonchev–Trinajstić information content (AvgIpc) is 3.25. The number of hydrogen-bond acceptors (Lipinski definition) is 7. The first kappa shape index (κ1) is 20.3. The van der Waals surface area contributed by atoms with Crippen LogP contribution in [0.3, 0.4) is 0 Å². The second kappa shape index (κ2) is 8.14. The first-order valence-electron chi connectivity index (χ1n) is 9.73. The molecule has 3 heterocycles. The Morgan fingerprint density at radius 1 is 0.875 bits per heavy atom. The van der Waals surface area contributed by atoms with Crippen molar-refractivity contribution in [2.45, 2.75) is 4.90 Å². The molecule has 3 aromatic heterocycles. The fraction of sp³-hybridized carbons (Fsp3) is 0.0417. The molecule has 0 spiro atoms. The minimum atomic E-state index is -3.28. The summed E-state index contributed by atoms with van der Waals surface area (Å²) in [4.78, 5) is 15.6. The van der Waals surface area contributed by atoms with Crippen LogP contribution in [0, 0.1) is 0 Å². The summed E-state index contributed by atoms with van der Waals surface area (Å²) in [5.74, 6) is 1.40. The fourth-order valence-electron chi connectivity index (χ4n) is 3.21. The van der Waals surface area contributed by atoms with Gasteiger partial charge in [0.2, 0.25) is 5.88 Å². The van der Waals surface area contributed by atoms with Crippen molar-refractivity contribution in [2.75, 3.05) is 6.26 Å². The molecule has 158 valence electrons. The van der Waals surface area contributed by atoms with Gasteiger partial charge in [-0.05, 0) is 48.0 Å². The van der Waals surface area contributed by atoms with Gasteiger partial charge < -0.3 is 4.74 Å². The van der Waals surface area contributed by atoms with E-state index in [0.717, 1.165) is 26.2 Å². The molecule has 0 aliphatic rings. The quantitative estimate of drug-likeness (QED) is 0.339. The van der Waals surface area contributed by atoms with Gasteiger partial charge in [0.1, 0.15) is 10.6 Å². The van der Waals surface area contributed by atoms with Crippen molar-refractivity contribution in [2.24, 2.45) is 0 Å². The summed E-state index contributed by atoms with van der Waals surface area (Å²) >= 11 is 1.56. The van der Waals surface area contributed by atoms with Crippen LogP contribution in [-0.2, 0) is 9.84 Å². The number of hydrogen-bond donors (Lipinski definition) is 0. The lowest BCUT2D eigenvalue weighted by molar-refractivity contribution is 0.468. The van der Waals surface area contributed by atoms with E-state index in [2.05, 4.69) is 9.97 Å². The standard InChI is InChI=1S/C24H17N3O3S2/c1-32(28,29)19-11-9-18(10-12-19)30-23-20-14-21(16-6-3-2-4-7-16)31-24(20)27-22(26-23)17-8-5-13-25-15-17/h2-15H,1H3. The number of thiophene rings is 1. The Bertz CT molecular complexity index is 1500. The number of aromatic nitrogens is 3. The first-order valence-corrected chi connectivity index (χ1v) is 12.4. The van der Waals surface area contributed by atoms with E-state index in [1.165, 1.54) is 18.4 Å². The lowest BCUT2D eigenvalue weighted by atomic mass is 10.2. The molecule has 0 radical (unpaired) electrons. The first-order chi connectivity index (χ1) is 15.5.